The van der Waals surface area contributed by atoms with Crippen LogP contribution in [0.4, 0.5) is 5.13 Å². The summed E-state index contributed by atoms with van der Waals surface area (Å²) in [5.41, 5.74) is 0.0263. The maximum atomic E-state index is 5.83. The van der Waals surface area contributed by atoms with Gasteiger partial charge in [-0.15, -0.1) is 0 Å². The summed E-state index contributed by atoms with van der Waals surface area (Å²) in [5, 5.41) is 4.47. The van der Waals surface area contributed by atoms with Crippen LogP contribution in [0.25, 0.3) is 0 Å². The molecule has 0 radical (unpaired) electrons. The minimum Gasteiger partial charge on any atom is -0.376 e. The van der Waals surface area contributed by atoms with Gasteiger partial charge in [0.2, 0.25) is 5.13 Å². The zero-order valence-electron chi connectivity index (χ0n) is 11.3. The average Bonchev–Trinajstić information content (AvgIpc) is 2.85. The number of nitrogens with one attached hydrogen (secondary N) is 1. The van der Waals surface area contributed by atoms with E-state index in [4.69, 9.17) is 4.74 Å². The Morgan fingerprint density at radius 3 is 2.67 bits per heavy atom. The van der Waals surface area contributed by atoms with E-state index in [-0.39, 0.29) is 5.41 Å². The number of nitrogens with zero attached hydrogens (tertiary/aromatic N) is 2. The Bertz CT molecular complexity index is 422. The molecule has 4 nitrogen and oxygen atoms in total. The molecule has 2 heterocycles. The molecular weight excluding hydrogens is 246 g/mol. The number of aromatic nitrogens is 2. The first-order valence-electron chi connectivity index (χ1n) is 6.76. The van der Waals surface area contributed by atoms with Gasteiger partial charge in [-0.2, -0.15) is 4.37 Å². The molecule has 3 rings (SSSR count). The first-order chi connectivity index (χ1) is 8.54. The molecule has 2 atom stereocenters. The van der Waals surface area contributed by atoms with Gasteiger partial charge in [-0.05, 0) is 25.2 Å². The zero-order valence-corrected chi connectivity index (χ0v) is 12.1. The Morgan fingerprint density at radius 2 is 2.06 bits per heavy atom. The summed E-state index contributed by atoms with van der Waals surface area (Å²) in [6, 6.07) is 0.429. The minimum absolute atomic E-state index is 0.0263. The smallest absolute Gasteiger partial charge is 0.202 e. The third-order valence-corrected chi connectivity index (χ3v) is 4.27. The third kappa shape index (κ3) is 2.52. The third-order valence-electron chi connectivity index (χ3n) is 3.63. The van der Waals surface area contributed by atoms with E-state index in [2.05, 4.69) is 35.4 Å². The molecule has 0 bridgehead atoms. The summed E-state index contributed by atoms with van der Waals surface area (Å²) >= 11 is 1.47. The molecule has 1 aliphatic carbocycles. The van der Waals surface area contributed by atoms with Crippen LogP contribution in [0.2, 0.25) is 0 Å². The van der Waals surface area contributed by atoms with Crippen LogP contribution >= 0.6 is 11.5 Å². The van der Waals surface area contributed by atoms with E-state index in [1.165, 1.54) is 24.4 Å². The van der Waals surface area contributed by atoms with Crippen molar-refractivity contribution >= 4 is 16.7 Å². The van der Waals surface area contributed by atoms with E-state index in [9.17, 15) is 0 Å². The Morgan fingerprint density at radius 1 is 1.28 bits per heavy atom. The lowest BCUT2D eigenvalue weighted by Crippen LogP contribution is -2.31. The molecule has 1 aliphatic heterocycles. The number of anilines is 1. The topological polar surface area (TPSA) is 47.0 Å². The lowest BCUT2D eigenvalue weighted by Gasteiger charge is -2.18. The Balaban J connectivity index is 1.67. The molecule has 1 saturated carbocycles. The van der Waals surface area contributed by atoms with E-state index in [1.54, 1.807) is 0 Å². The molecule has 0 amide bonds. The monoisotopic (exact) mass is 267 g/mol. The largest absolute Gasteiger partial charge is 0.376 e. The summed E-state index contributed by atoms with van der Waals surface area (Å²) in [6.45, 7) is 7.31. The summed E-state index contributed by atoms with van der Waals surface area (Å²) in [5.74, 6) is 1.71. The molecule has 18 heavy (non-hydrogen) atoms. The molecular formula is C13H21N3OS. The van der Waals surface area contributed by atoms with Crippen LogP contribution in [-0.2, 0) is 10.2 Å². The average molecular weight is 267 g/mol. The van der Waals surface area contributed by atoms with E-state index in [0.717, 1.165) is 29.9 Å². The Kier molecular flexibility index (Phi) is 3.06. The first kappa shape index (κ1) is 12.4. The minimum atomic E-state index is 0.0263. The maximum absolute atomic E-state index is 5.83. The molecule has 1 saturated heterocycles. The SMILES string of the molecule is CC(C)(C)c1nsc(NC2CCOC2C2CC2)n1. The zero-order chi connectivity index (χ0) is 12.8. The number of ether oxygens (including phenoxy) is 1. The molecule has 0 aromatic carbocycles. The second kappa shape index (κ2) is 4.46. The highest BCUT2D eigenvalue weighted by molar-refractivity contribution is 7.09. The lowest BCUT2D eigenvalue weighted by molar-refractivity contribution is 0.0898. The number of rotatable bonds is 3. The van der Waals surface area contributed by atoms with Crippen LogP contribution in [0.15, 0.2) is 0 Å². The van der Waals surface area contributed by atoms with Gasteiger partial charge in [0.15, 0.2) is 0 Å². The summed E-state index contributed by atoms with van der Waals surface area (Å²) in [7, 11) is 0. The van der Waals surface area contributed by atoms with Gasteiger partial charge in [0.1, 0.15) is 5.82 Å². The van der Waals surface area contributed by atoms with Gasteiger partial charge in [0.25, 0.3) is 0 Å². The van der Waals surface area contributed by atoms with Crippen LogP contribution in [0.3, 0.4) is 0 Å². The highest BCUT2D eigenvalue weighted by Crippen LogP contribution is 2.39. The fourth-order valence-corrected chi connectivity index (χ4v) is 3.22. The van der Waals surface area contributed by atoms with Crippen molar-refractivity contribution in [2.45, 2.75) is 57.6 Å². The lowest BCUT2D eigenvalue weighted by atomic mass is 9.96. The van der Waals surface area contributed by atoms with Crippen molar-refractivity contribution in [1.29, 1.82) is 0 Å². The molecule has 0 spiro atoms. The summed E-state index contributed by atoms with van der Waals surface area (Å²) in [4.78, 5) is 4.60. The highest BCUT2D eigenvalue weighted by atomic mass is 32.1. The molecule has 2 aliphatic rings. The highest BCUT2D eigenvalue weighted by Gasteiger charge is 2.41. The van der Waals surface area contributed by atoms with Gasteiger partial charge >= 0.3 is 0 Å². The molecule has 5 heteroatoms. The predicted molar refractivity (Wildman–Crippen MR) is 73.1 cm³/mol. The van der Waals surface area contributed by atoms with E-state index in [1.807, 2.05) is 0 Å². The van der Waals surface area contributed by atoms with Crippen molar-refractivity contribution in [2.75, 3.05) is 11.9 Å². The maximum Gasteiger partial charge on any atom is 0.202 e. The quantitative estimate of drug-likeness (QED) is 0.915. The van der Waals surface area contributed by atoms with Gasteiger partial charge in [-0.25, -0.2) is 4.98 Å². The van der Waals surface area contributed by atoms with Crippen molar-refractivity contribution in [3.63, 3.8) is 0 Å². The fraction of sp³-hybridized carbons (Fsp3) is 0.846. The van der Waals surface area contributed by atoms with Crippen LogP contribution in [0.1, 0.15) is 45.9 Å². The van der Waals surface area contributed by atoms with Gasteiger partial charge in [-0.1, -0.05) is 20.8 Å². The normalized spacial score (nSPS) is 28.6. The summed E-state index contributed by atoms with van der Waals surface area (Å²) in [6.07, 6.45) is 4.14. The first-order valence-corrected chi connectivity index (χ1v) is 7.54. The van der Waals surface area contributed by atoms with E-state index in [0.29, 0.717) is 12.1 Å². The molecule has 1 N–H and O–H groups in total. The molecule has 100 valence electrons. The fourth-order valence-electron chi connectivity index (χ4n) is 2.40. The van der Waals surface area contributed by atoms with Gasteiger partial charge in [0, 0.05) is 23.6 Å². The predicted octanol–water partition coefficient (Wildman–Crippen LogP) is 2.82. The van der Waals surface area contributed by atoms with Crippen molar-refractivity contribution in [1.82, 2.24) is 9.36 Å². The Labute approximate surface area is 112 Å². The standard InChI is InChI=1S/C13H21N3OS/c1-13(2,3)11-15-12(18-16-11)14-9-6-7-17-10(9)8-4-5-8/h8-10H,4-7H2,1-3H3,(H,14,15,16). The van der Waals surface area contributed by atoms with E-state index < -0.39 is 0 Å². The van der Waals surface area contributed by atoms with Gasteiger partial charge in [-0.3, -0.25) is 0 Å². The Hall–Kier alpha value is -0.680. The number of hydrogen-bond donors (Lipinski definition) is 1. The van der Waals surface area contributed by atoms with Crippen molar-refractivity contribution in [3.8, 4) is 0 Å². The number of hydrogen-bond acceptors (Lipinski definition) is 5. The second-order valence-electron chi connectivity index (χ2n) is 6.39. The molecule has 2 unspecified atom stereocenters. The van der Waals surface area contributed by atoms with Crippen molar-refractivity contribution < 1.29 is 4.74 Å². The van der Waals surface area contributed by atoms with Crippen LogP contribution in [0, 0.1) is 5.92 Å². The second-order valence-corrected chi connectivity index (χ2v) is 7.14. The van der Waals surface area contributed by atoms with Crippen molar-refractivity contribution in [2.24, 2.45) is 5.92 Å². The van der Waals surface area contributed by atoms with Gasteiger partial charge < -0.3 is 10.1 Å². The van der Waals surface area contributed by atoms with Gasteiger partial charge in [0.05, 0.1) is 12.1 Å². The van der Waals surface area contributed by atoms with Crippen LogP contribution < -0.4 is 5.32 Å². The molecule has 1 aromatic heterocycles. The van der Waals surface area contributed by atoms with Crippen LogP contribution in [0.5, 0.6) is 0 Å². The van der Waals surface area contributed by atoms with Crippen molar-refractivity contribution in [3.05, 3.63) is 5.82 Å². The molecule has 1 aromatic rings. The summed E-state index contributed by atoms with van der Waals surface area (Å²) < 4.78 is 10.3. The van der Waals surface area contributed by atoms with E-state index >= 15 is 0 Å². The molecule has 2 fully saturated rings. The van der Waals surface area contributed by atoms with Crippen LogP contribution in [-0.4, -0.2) is 28.1 Å².